The molecule has 27 heavy (non-hydrogen) atoms. The summed E-state index contributed by atoms with van der Waals surface area (Å²) in [5, 5.41) is 3.11. The van der Waals surface area contributed by atoms with Gasteiger partial charge < -0.3 is 10.2 Å². The smallest absolute Gasteiger partial charge is 0.353 e. The second-order valence-electron chi connectivity index (χ2n) is 7.49. The Morgan fingerprint density at radius 1 is 0.926 bits per heavy atom. The Hall–Kier alpha value is -2.05. The van der Waals surface area contributed by atoms with E-state index in [0.717, 1.165) is 37.8 Å². The van der Waals surface area contributed by atoms with E-state index < -0.39 is 11.7 Å². The van der Waals surface area contributed by atoms with Gasteiger partial charge in [-0.25, -0.2) is 0 Å². The highest BCUT2D eigenvalue weighted by Crippen LogP contribution is 2.29. The Bertz CT molecular complexity index is 659. The number of nitrogens with zero attached hydrogens (tertiary/aromatic N) is 1. The topological polar surface area (TPSA) is 49.4 Å². The first-order valence-corrected chi connectivity index (χ1v) is 9.61. The van der Waals surface area contributed by atoms with Gasteiger partial charge in [-0.2, -0.15) is 13.2 Å². The zero-order valence-corrected chi connectivity index (χ0v) is 15.2. The van der Waals surface area contributed by atoms with Crippen LogP contribution in [0.15, 0.2) is 24.3 Å². The number of amides is 2. The number of carbonyl (C=O) groups is 2. The van der Waals surface area contributed by atoms with Crippen molar-refractivity contribution in [3.05, 3.63) is 35.4 Å². The number of benzene rings is 1. The quantitative estimate of drug-likeness (QED) is 0.859. The van der Waals surface area contributed by atoms with E-state index in [0.29, 0.717) is 25.9 Å². The lowest BCUT2D eigenvalue weighted by Crippen LogP contribution is -2.48. The first kappa shape index (κ1) is 19.7. The molecule has 7 heteroatoms. The van der Waals surface area contributed by atoms with Crippen LogP contribution in [0.1, 0.15) is 60.9 Å². The van der Waals surface area contributed by atoms with Crippen LogP contribution in [-0.2, 0) is 11.0 Å². The summed E-state index contributed by atoms with van der Waals surface area (Å²) < 4.78 is 37.9. The molecule has 148 valence electrons. The van der Waals surface area contributed by atoms with Gasteiger partial charge in [0.25, 0.3) is 5.91 Å². The minimum atomic E-state index is -4.41. The minimum Gasteiger partial charge on any atom is -0.353 e. The van der Waals surface area contributed by atoms with Gasteiger partial charge in [-0.3, -0.25) is 9.59 Å². The van der Waals surface area contributed by atoms with Crippen LogP contribution >= 0.6 is 0 Å². The molecule has 1 aromatic rings. The van der Waals surface area contributed by atoms with Gasteiger partial charge in [0.1, 0.15) is 0 Å². The van der Waals surface area contributed by atoms with E-state index in [1.165, 1.54) is 18.6 Å². The van der Waals surface area contributed by atoms with Crippen molar-refractivity contribution in [3.8, 4) is 0 Å². The van der Waals surface area contributed by atoms with Crippen molar-refractivity contribution in [2.75, 3.05) is 13.1 Å². The van der Waals surface area contributed by atoms with E-state index in [1.807, 2.05) is 0 Å². The van der Waals surface area contributed by atoms with Crippen molar-refractivity contribution < 1.29 is 22.8 Å². The SMILES string of the molecule is O=C(NC1CCN(C(=O)c2ccc(C(F)(F)F)cc2)CC1)C1CCCCC1. The van der Waals surface area contributed by atoms with Gasteiger partial charge in [-0.1, -0.05) is 19.3 Å². The normalized spacial score (nSPS) is 19.7. The van der Waals surface area contributed by atoms with Crippen LogP contribution in [-0.4, -0.2) is 35.8 Å². The van der Waals surface area contributed by atoms with Gasteiger partial charge in [-0.05, 0) is 49.9 Å². The van der Waals surface area contributed by atoms with Crippen LogP contribution in [0.2, 0.25) is 0 Å². The molecule has 0 atom stereocenters. The minimum absolute atomic E-state index is 0.0658. The third-order valence-electron chi connectivity index (χ3n) is 5.56. The summed E-state index contributed by atoms with van der Waals surface area (Å²) in [4.78, 5) is 26.5. The molecule has 2 amide bonds. The van der Waals surface area contributed by atoms with Crippen molar-refractivity contribution in [1.29, 1.82) is 0 Å². The zero-order valence-electron chi connectivity index (χ0n) is 15.2. The maximum absolute atomic E-state index is 12.6. The van der Waals surface area contributed by atoms with Crippen LogP contribution in [0, 0.1) is 5.92 Å². The Labute approximate surface area is 157 Å². The molecule has 1 aliphatic heterocycles. The number of rotatable bonds is 3. The average Bonchev–Trinajstić information content (AvgIpc) is 2.68. The van der Waals surface area contributed by atoms with E-state index in [2.05, 4.69) is 5.32 Å². The van der Waals surface area contributed by atoms with Crippen LogP contribution in [0.3, 0.4) is 0 Å². The number of nitrogens with one attached hydrogen (secondary N) is 1. The largest absolute Gasteiger partial charge is 0.416 e. The molecule has 0 bridgehead atoms. The maximum Gasteiger partial charge on any atom is 0.416 e. The van der Waals surface area contributed by atoms with E-state index in [9.17, 15) is 22.8 Å². The summed E-state index contributed by atoms with van der Waals surface area (Å²) in [6.07, 6.45) is 2.27. The number of alkyl halides is 3. The van der Waals surface area contributed by atoms with Gasteiger partial charge >= 0.3 is 6.18 Å². The second kappa shape index (κ2) is 8.31. The number of hydrogen-bond donors (Lipinski definition) is 1. The fourth-order valence-corrected chi connectivity index (χ4v) is 3.90. The lowest BCUT2D eigenvalue weighted by molar-refractivity contribution is -0.137. The number of likely N-dealkylation sites (tertiary alicyclic amines) is 1. The highest BCUT2D eigenvalue weighted by Gasteiger charge is 2.31. The van der Waals surface area contributed by atoms with E-state index in [4.69, 9.17) is 0 Å². The molecule has 1 saturated heterocycles. The van der Waals surface area contributed by atoms with Gasteiger partial charge in [0, 0.05) is 30.6 Å². The fraction of sp³-hybridized carbons (Fsp3) is 0.600. The van der Waals surface area contributed by atoms with Crippen LogP contribution < -0.4 is 5.32 Å². The highest BCUT2D eigenvalue weighted by atomic mass is 19.4. The lowest BCUT2D eigenvalue weighted by atomic mass is 9.88. The summed E-state index contributed by atoms with van der Waals surface area (Å²) >= 11 is 0. The molecule has 0 unspecified atom stereocenters. The van der Waals surface area contributed by atoms with Crippen LogP contribution in [0.5, 0.6) is 0 Å². The van der Waals surface area contributed by atoms with Crippen molar-refractivity contribution in [1.82, 2.24) is 10.2 Å². The number of piperidine rings is 1. The summed E-state index contributed by atoms with van der Waals surface area (Å²) in [5.41, 5.74) is -0.504. The van der Waals surface area contributed by atoms with Gasteiger partial charge in [-0.15, -0.1) is 0 Å². The molecule has 1 heterocycles. The summed E-state index contributed by atoms with van der Waals surface area (Å²) in [6.45, 7) is 0.991. The van der Waals surface area contributed by atoms with Crippen molar-refractivity contribution in [2.24, 2.45) is 5.92 Å². The maximum atomic E-state index is 12.6. The molecule has 3 rings (SSSR count). The Morgan fingerprint density at radius 3 is 2.07 bits per heavy atom. The predicted molar refractivity (Wildman–Crippen MR) is 95.1 cm³/mol. The third kappa shape index (κ3) is 5.02. The molecule has 4 nitrogen and oxygen atoms in total. The fourth-order valence-electron chi connectivity index (χ4n) is 3.90. The summed E-state index contributed by atoms with van der Waals surface area (Å²) in [5.74, 6) is -0.0199. The Balaban J connectivity index is 1.49. The standard InChI is InChI=1S/C20H25F3N2O2/c21-20(22,23)16-8-6-15(7-9-16)19(27)25-12-10-17(11-13-25)24-18(26)14-4-2-1-3-5-14/h6-9,14,17H,1-5,10-13H2,(H,24,26). The first-order chi connectivity index (χ1) is 12.8. The monoisotopic (exact) mass is 382 g/mol. The predicted octanol–water partition coefficient (Wildman–Crippen LogP) is 4.01. The zero-order chi connectivity index (χ0) is 19.4. The molecule has 0 spiro atoms. The molecule has 1 saturated carbocycles. The number of carbonyl (C=O) groups excluding carboxylic acids is 2. The molecule has 1 aliphatic carbocycles. The molecule has 0 aromatic heterocycles. The van der Waals surface area contributed by atoms with Crippen LogP contribution in [0.25, 0.3) is 0 Å². The molecule has 2 aliphatic rings. The van der Waals surface area contributed by atoms with Crippen molar-refractivity contribution in [3.63, 3.8) is 0 Å². The van der Waals surface area contributed by atoms with Crippen molar-refractivity contribution >= 4 is 11.8 Å². The Morgan fingerprint density at radius 2 is 1.52 bits per heavy atom. The van der Waals surface area contributed by atoms with Crippen molar-refractivity contribution in [2.45, 2.75) is 57.2 Å². The summed E-state index contributed by atoms with van der Waals surface area (Å²) in [7, 11) is 0. The van der Waals surface area contributed by atoms with E-state index in [1.54, 1.807) is 4.90 Å². The van der Waals surface area contributed by atoms with Gasteiger partial charge in [0.05, 0.1) is 5.56 Å². The second-order valence-corrected chi connectivity index (χ2v) is 7.49. The molecule has 1 N–H and O–H groups in total. The highest BCUT2D eigenvalue weighted by molar-refractivity contribution is 5.94. The molecule has 1 aromatic carbocycles. The lowest BCUT2D eigenvalue weighted by Gasteiger charge is -2.33. The third-order valence-corrected chi connectivity index (χ3v) is 5.56. The Kier molecular flexibility index (Phi) is 6.07. The molecule has 2 fully saturated rings. The number of hydrogen-bond acceptors (Lipinski definition) is 2. The van der Waals surface area contributed by atoms with E-state index >= 15 is 0 Å². The number of halogens is 3. The molecule has 0 radical (unpaired) electrons. The van der Waals surface area contributed by atoms with Crippen LogP contribution in [0.4, 0.5) is 13.2 Å². The summed E-state index contributed by atoms with van der Waals surface area (Å²) in [6, 6.07) is 4.38. The molecular weight excluding hydrogens is 357 g/mol. The molecular formula is C20H25F3N2O2. The first-order valence-electron chi connectivity index (χ1n) is 9.61. The average molecular weight is 382 g/mol. The van der Waals surface area contributed by atoms with E-state index in [-0.39, 0.29) is 29.3 Å². The van der Waals surface area contributed by atoms with Gasteiger partial charge in [0.2, 0.25) is 5.91 Å². The van der Waals surface area contributed by atoms with Gasteiger partial charge in [0.15, 0.2) is 0 Å².